The van der Waals surface area contributed by atoms with E-state index >= 15 is 0 Å². The second-order valence-electron chi connectivity index (χ2n) is 7.34. The average Bonchev–Trinajstić information content (AvgIpc) is 3.27. The second kappa shape index (κ2) is 7.81. The van der Waals surface area contributed by atoms with Gasteiger partial charge in [-0.2, -0.15) is 0 Å². The fraction of sp³-hybridized carbons (Fsp3) is 0.286. The summed E-state index contributed by atoms with van der Waals surface area (Å²) >= 11 is 0. The number of hydrogen-bond acceptors (Lipinski definition) is 3. The molecule has 3 amide bonds. The fourth-order valence-electron chi connectivity index (χ4n) is 3.78. The highest BCUT2D eigenvalue weighted by atomic mass is 19.1. The molecule has 9 heteroatoms. The second-order valence-corrected chi connectivity index (χ2v) is 7.34. The molecule has 0 bridgehead atoms. The maximum absolute atomic E-state index is 14.4. The number of amides is 3. The number of carbonyl (C=O) groups is 3. The Hall–Kier alpha value is -3.36. The van der Waals surface area contributed by atoms with Gasteiger partial charge in [0.05, 0.1) is 11.6 Å². The van der Waals surface area contributed by atoms with Crippen LogP contribution in [-0.2, 0) is 14.4 Å². The Kier molecular flexibility index (Phi) is 5.19. The molecule has 2 heterocycles. The van der Waals surface area contributed by atoms with Crippen molar-refractivity contribution in [3.63, 3.8) is 0 Å². The molecule has 0 spiro atoms. The van der Waals surface area contributed by atoms with Crippen LogP contribution in [0.2, 0.25) is 0 Å². The van der Waals surface area contributed by atoms with Crippen LogP contribution in [-0.4, -0.2) is 30.8 Å². The molecule has 2 aliphatic heterocycles. The van der Waals surface area contributed by atoms with Crippen molar-refractivity contribution in [1.82, 2.24) is 0 Å². The van der Waals surface area contributed by atoms with Crippen molar-refractivity contribution in [2.45, 2.75) is 19.3 Å². The van der Waals surface area contributed by atoms with Crippen LogP contribution in [0.5, 0.6) is 0 Å². The Bertz CT molecular complexity index is 1020. The van der Waals surface area contributed by atoms with Gasteiger partial charge in [0, 0.05) is 43.4 Å². The number of benzene rings is 2. The molecule has 1 unspecified atom stereocenters. The number of nitrogens with zero attached hydrogens (tertiary/aromatic N) is 2. The summed E-state index contributed by atoms with van der Waals surface area (Å²) in [6, 6.07) is 6.77. The smallest absolute Gasteiger partial charge is 0.229 e. The summed E-state index contributed by atoms with van der Waals surface area (Å²) in [5.41, 5.74) is 0.389. The van der Waals surface area contributed by atoms with Gasteiger partial charge in [0.25, 0.3) is 0 Å². The maximum atomic E-state index is 14.4. The number of halogens is 3. The van der Waals surface area contributed by atoms with E-state index in [2.05, 4.69) is 5.32 Å². The van der Waals surface area contributed by atoms with E-state index in [1.807, 2.05) is 0 Å². The zero-order chi connectivity index (χ0) is 21.4. The molecule has 2 saturated heterocycles. The summed E-state index contributed by atoms with van der Waals surface area (Å²) in [4.78, 5) is 39.1. The number of rotatable bonds is 4. The number of carbonyl (C=O) groups excluding carboxylic acids is 3. The monoisotopic (exact) mass is 417 g/mol. The van der Waals surface area contributed by atoms with Crippen LogP contribution in [0.3, 0.4) is 0 Å². The number of hydrogen-bond donors (Lipinski definition) is 1. The Morgan fingerprint density at radius 1 is 0.967 bits per heavy atom. The molecule has 0 aliphatic carbocycles. The van der Waals surface area contributed by atoms with Crippen LogP contribution in [0.1, 0.15) is 19.3 Å². The van der Waals surface area contributed by atoms with Crippen molar-refractivity contribution in [2.24, 2.45) is 5.92 Å². The van der Waals surface area contributed by atoms with Gasteiger partial charge in [0.1, 0.15) is 17.5 Å². The van der Waals surface area contributed by atoms with E-state index in [0.717, 1.165) is 23.1 Å². The van der Waals surface area contributed by atoms with Gasteiger partial charge >= 0.3 is 0 Å². The molecule has 2 fully saturated rings. The van der Waals surface area contributed by atoms with Gasteiger partial charge in [-0.15, -0.1) is 0 Å². The molecule has 1 N–H and O–H groups in total. The molecule has 4 rings (SSSR count). The average molecular weight is 417 g/mol. The van der Waals surface area contributed by atoms with E-state index in [1.54, 1.807) is 0 Å². The summed E-state index contributed by atoms with van der Waals surface area (Å²) in [6.45, 7) is 0.401. The molecule has 0 saturated carbocycles. The van der Waals surface area contributed by atoms with Gasteiger partial charge in [-0.1, -0.05) is 0 Å². The number of nitrogens with one attached hydrogen (secondary N) is 1. The van der Waals surface area contributed by atoms with Crippen LogP contribution < -0.4 is 15.1 Å². The summed E-state index contributed by atoms with van der Waals surface area (Å²) in [7, 11) is 0. The Morgan fingerprint density at radius 2 is 1.70 bits per heavy atom. The molecular formula is C21H18F3N3O3. The summed E-state index contributed by atoms with van der Waals surface area (Å²) in [5, 5.41) is 2.56. The molecule has 2 aromatic carbocycles. The molecule has 6 nitrogen and oxygen atoms in total. The highest BCUT2D eigenvalue weighted by Crippen LogP contribution is 2.29. The van der Waals surface area contributed by atoms with E-state index in [1.165, 1.54) is 17.0 Å². The van der Waals surface area contributed by atoms with Crippen LogP contribution in [0.25, 0.3) is 0 Å². The molecule has 0 aromatic heterocycles. The Morgan fingerprint density at radius 3 is 2.33 bits per heavy atom. The number of anilines is 3. The normalized spacial score (nSPS) is 19.0. The van der Waals surface area contributed by atoms with Gasteiger partial charge in [-0.3, -0.25) is 14.4 Å². The van der Waals surface area contributed by atoms with Crippen molar-refractivity contribution in [2.75, 3.05) is 28.2 Å². The molecule has 1 atom stereocenters. The lowest BCUT2D eigenvalue weighted by Gasteiger charge is -2.18. The highest BCUT2D eigenvalue weighted by Gasteiger charge is 2.35. The first-order valence-corrected chi connectivity index (χ1v) is 9.49. The van der Waals surface area contributed by atoms with Gasteiger partial charge in [0.15, 0.2) is 0 Å². The molecule has 2 aromatic rings. The minimum atomic E-state index is -0.822. The SMILES string of the molecule is O=C(Nc1ccc(N2CCCC2=O)c(F)c1)C1CC(=O)N(c2cc(F)cc(F)c2)C1. The minimum absolute atomic E-state index is 0.0403. The van der Waals surface area contributed by atoms with E-state index in [-0.39, 0.29) is 35.9 Å². The predicted octanol–water partition coefficient (Wildman–Crippen LogP) is 3.22. The summed E-state index contributed by atoms with van der Waals surface area (Å²) < 4.78 is 41.3. The van der Waals surface area contributed by atoms with Gasteiger partial charge < -0.3 is 15.1 Å². The zero-order valence-corrected chi connectivity index (χ0v) is 15.8. The first kappa shape index (κ1) is 19.9. The van der Waals surface area contributed by atoms with Crippen molar-refractivity contribution in [3.05, 3.63) is 53.8 Å². The molecule has 0 radical (unpaired) electrons. The molecular weight excluding hydrogens is 399 g/mol. The third kappa shape index (κ3) is 3.87. The first-order chi connectivity index (χ1) is 14.3. The van der Waals surface area contributed by atoms with Crippen molar-refractivity contribution in [1.29, 1.82) is 0 Å². The standard InChI is InChI=1S/C21H18F3N3O3/c22-13-7-14(23)9-16(8-13)27-11-12(6-20(27)29)21(30)25-15-3-4-18(17(24)10-15)26-5-1-2-19(26)28/h3-4,7-10,12H,1-2,5-6,11H2,(H,25,30). The lowest BCUT2D eigenvalue weighted by atomic mass is 10.1. The largest absolute Gasteiger partial charge is 0.326 e. The topological polar surface area (TPSA) is 69.7 Å². The van der Waals surface area contributed by atoms with E-state index < -0.39 is 35.2 Å². The van der Waals surface area contributed by atoms with Gasteiger partial charge in [-0.05, 0) is 36.8 Å². The van der Waals surface area contributed by atoms with Crippen molar-refractivity contribution in [3.8, 4) is 0 Å². The minimum Gasteiger partial charge on any atom is -0.326 e. The van der Waals surface area contributed by atoms with Crippen LogP contribution >= 0.6 is 0 Å². The van der Waals surface area contributed by atoms with E-state index in [9.17, 15) is 27.6 Å². The third-order valence-corrected chi connectivity index (χ3v) is 5.23. The van der Waals surface area contributed by atoms with Crippen LogP contribution in [0, 0.1) is 23.4 Å². The van der Waals surface area contributed by atoms with E-state index in [4.69, 9.17) is 0 Å². The maximum Gasteiger partial charge on any atom is 0.229 e. The van der Waals surface area contributed by atoms with Crippen molar-refractivity contribution >= 4 is 34.8 Å². The quantitative estimate of drug-likeness (QED) is 0.831. The highest BCUT2D eigenvalue weighted by molar-refractivity contribution is 6.03. The van der Waals surface area contributed by atoms with Gasteiger partial charge in [0.2, 0.25) is 17.7 Å². The lowest BCUT2D eigenvalue weighted by molar-refractivity contribution is -0.122. The summed E-state index contributed by atoms with van der Waals surface area (Å²) in [6.07, 6.45) is 0.907. The van der Waals surface area contributed by atoms with Gasteiger partial charge in [-0.25, -0.2) is 13.2 Å². The zero-order valence-electron chi connectivity index (χ0n) is 15.8. The van der Waals surface area contributed by atoms with E-state index in [0.29, 0.717) is 25.5 Å². The molecule has 156 valence electrons. The third-order valence-electron chi connectivity index (χ3n) is 5.23. The molecule has 2 aliphatic rings. The van der Waals surface area contributed by atoms with Crippen LogP contribution in [0.4, 0.5) is 30.2 Å². The summed E-state index contributed by atoms with van der Waals surface area (Å²) in [5.74, 6) is -4.13. The van der Waals surface area contributed by atoms with Crippen molar-refractivity contribution < 1.29 is 27.6 Å². The lowest BCUT2D eigenvalue weighted by Crippen LogP contribution is -2.28. The predicted molar refractivity (Wildman–Crippen MR) is 103 cm³/mol. The molecule has 30 heavy (non-hydrogen) atoms. The first-order valence-electron chi connectivity index (χ1n) is 9.49. The van der Waals surface area contributed by atoms with Crippen LogP contribution in [0.15, 0.2) is 36.4 Å². The Labute approximate surface area is 170 Å². The Balaban J connectivity index is 1.45. The fourth-order valence-corrected chi connectivity index (χ4v) is 3.78.